The van der Waals surface area contributed by atoms with E-state index in [0.29, 0.717) is 5.92 Å². The zero-order chi connectivity index (χ0) is 21.3. The smallest absolute Gasteiger partial charge is 0.253 e. The number of benzene rings is 2. The predicted molar refractivity (Wildman–Crippen MR) is 126 cm³/mol. The first-order valence-electron chi connectivity index (χ1n) is 10.5. The van der Waals surface area contributed by atoms with Crippen molar-refractivity contribution in [1.29, 1.82) is 0 Å². The Labute approximate surface area is 184 Å². The van der Waals surface area contributed by atoms with Crippen molar-refractivity contribution < 1.29 is 4.79 Å². The first-order chi connectivity index (χ1) is 14.6. The van der Waals surface area contributed by atoms with Crippen LogP contribution in [0, 0.1) is 5.92 Å². The van der Waals surface area contributed by atoms with Crippen LogP contribution in [0.15, 0.2) is 64.5 Å². The Balaban J connectivity index is 1.45. The second kappa shape index (κ2) is 11.1. The van der Waals surface area contributed by atoms with Gasteiger partial charge in [0, 0.05) is 57.0 Å². The van der Waals surface area contributed by atoms with Gasteiger partial charge in [-0.3, -0.25) is 9.79 Å². The Morgan fingerprint density at radius 3 is 2.73 bits per heavy atom. The summed E-state index contributed by atoms with van der Waals surface area (Å²) in [6.45, 7) is 2.89. The molecule has 5 nitrogen and oxygen atoms in total. The van der Waals surface area contributed by atoms with Gasteiger partial charge in [0.2, 0.25) is 0 Å². The third-order valence-corrected chi connectivity index (χ3v) is 6.55. The van der Waals surface area contributed by atoms with Crippen LogP contribution in [-0.2, 0) is 6.42 Å². The van der Waals surface area contributed by atoms with Crippen molar-refractivity contribution in [2.24, 2.45) is 10.9 Å². The summed E-state index contributed by atoms with van der Waals surface area (Å²) in [4.78, 5) is 22.0. The molecule has 2 aromatic carbocycles. The van der Waals surface area contributed by atoms with Crippen molar-refractivity contribution in [3.8, 4) is 0 Å². The van der Waals surface area contributed by atoms with Crippen molar-refractivity contribution in [3.05, 3.63) is 65.7 Å². The van der Waals surface area contributed by atoms with Crippen LogP contribution in [0.2, 0.25) is 0 Å². The molecule has 1 atom stereocenters. The highest BCUT2D eigenvalue weighted by Crippen LogP contribution is 2.25. The lowest BCUT2D eigenvalue weighted by molar-refractivity contribution is 0.0827. The summed E-state index contributed by atoms with van der Waals surface area (Å²) in [7, 11) is 5.41. The minimum Gasteiger partial charge on any atom is -0.356 e. The second-order valence-electron chi connectivity index (χ2n) is 7.85. The van der Waals surface area contributed by atoms with Gasteiger partial charge < -0.3 is 15.1 Å². The van der Waals surface area contributed by atoms with E-state index in [0.717, 1.165) is 48.9 Å². The zero-order valence-electron chi connectivity index (χ0n) is 18.2. The Morgan fingerprint density at radius 2 is 2.00 bits per heavy atom. The van der Waals surface area contributed by atoms with Gasteiger partial charge in [0.25, 0.3) is 5.91 Å². The molecule has 1 saturated heterocycles. The van der Waals surface area contributed by atoms with Crippen LogP contribution in [0.1, 0.15) is 22.3 Å². The number of nitrogens with one attached hydrogen (secondary N) is 1. The molecule has 1 aliphatic rings. The minimum atomic E-state index is 0.0390. The summed E-state index contributed by atoms with van der Waals surface area (Å²) < 4.78 is 0. The molecule has 2 aromatic rings. The van der Waals surface area contributed by atoms with Gasteiger partial charge in [-0.15, -0.1) is 11.8 Å². The van der Waals surface area contributed by atoms with Gasteiger partial charge in [-0.2, -0.15) is 0 Å². The number of carbonyl (C=O) groups excluding carboxylic acids is 1. The summed E-state index contributed by atoms with van der Waals surface area (Å²) in [5.74, 6) is 2.84. The first kappa shape index (κ1) is 22.2. The number of carbonyl (C=O) groups is 1. The van der Waals surface area contributed by atoms with Crippen molar-refractivity contribution in [1.82, 2.24) is 15.1 Å². The number of guanidine groups is 1. The molecule has 0 aliphatic carbocycles. The van der Waals surface area contributed by atoms with E-state index < -0.39 is 0 Å². The van der Waals surface area contributed by atoms with E-state index in [9.17, 15) is 4.79 Å². The summed E-state index contributed by atoms with van der Waals surface area (Å²) >= 11 is 1.94. The van der Waals surface area contributed by atoms with E-state index in [1.54, 1.807) is 19.0 Å². The van der Waals surface area contributed by atoms with E-state index in [1.807, 2.05) is 37.0 Å². The van der Waals surface area contributed by atoms with E-state index >= 15 is 0 Å². The van der Waals surface area contributed by atoms with E-state index in [1.165, 1.54) is 11.3 Å². The molecular weight excluding hydrogens is 392 g/mol. The number of hydrogen-bond donors (Lipinski definition) is 1. The zero-order valence-corrected chi connectivity index (χ0v) is 19.0. The van der Waals surface area contributed by atoms with Gasteiger partial charge in [0.15, 0.2) is 5.96 Å². The van der Waals surface area contributed by atoms with Gasteiger partial charge in [-0.05, 0) is 48.6 Å². The molecule has 1 fully saturated rings. The van der Waals surface area contributed by atoms with Gasteiger partial charge in [-0.25, -0.2) is 0 Å². The van der Waals surface area contributed by atoms with Crippen molar-refractivity contribution in [3.63, 3.8) is 0 Å². The van der Waals surface area contributed by atoms with Crippen LogP contribution >= 0.6 is 11.8 Å². The number of rotatable bonds is 7. The van der Waals surface area contributed by atoms with Gasteiger partial charge >= 0.3 is 0 Å². The summed E-state index contributed by atoms with van der Waals surface area (Å²) in [5.41, 5.74) is 1.89. The molecule has 0 aromatic heterocycles. The molecule has 0 bridgehead atoms. The molecule has 0 saturated carbocycles. The van der Waals surface area contributed by atoms with Crippen LogP contribution in [0.3, 0.4) is 0 Å². The average Bonchev–Trinajstić information content (AvgIpc) is 3.24. The van der Waals surface area contributed by atoms with E-state index in [4.69, 9.17) is 0 Å². The second-order valence-corrected chi connectivity index (χ2v) is 8.94. The fourth-order valence-corrected chi connectivity index (χ4v) is 4.71. The topological polar surface area (TPSA) is 47.9 Å². The Bertz CT molecular complexity index is 853. The quantitative estimate of drug-likeness (QED) is 0.419. The molecule has 1 aliphatic heterocycles. The van der Waals surface area contributed by atoms with Gasteiger partial charge in [-0.1, -0.05) is 30.3 Å². The number of aliphatic imine (C=N–C) groups is 1. The third-order valence-electron chi connectivity index (χ3n) is 5.30. The molecular formula is C24H32N4OS. The Morgan fingerprint density at radius 1 is 1.20 bits per heavy atom. The largest absolute Gasteiger partial charge is 0.356 e. The highest BCUT2D eigenvalue weighted by Gasteiger charge is 2.24. The van der Waals surface area contributed by atoms with Crippen LogP contribution < -0.4 is 5.32 Å². The molecule has 1 amide bonds. The molecule has 3 rings (SSSR count). The number of hydrogen-bond acceptors (Lipinski definition) is 3. The fourth-order valence-electron chi connectivity index (χ4n) is 3.66. The van der Waals surface area contributed by atoms with Crippen LogP contribution in [0.4, 0.5) is 0 Å². The lowest BCUT2D eigenvalue weighted by atomic mass is 10.1. The molecule has 1 heterocycles. The highest BCUT2D eigenvalue weighted by atomic mass is 32.2. The number of nitrogens with zero attached hydrogens (tertiary/aromatic N) is 3. The maximum Gasteiger partial charge on any atom is 0.253 e. The lowest BCUT2D eigenvalue weighted by Crippen LogP contribution is -2.41. The maximum atomic E-state index is 12.2. The number of likely N-dealkylation sites (tertiary alicyclic amines) is 1. The Kier molecular flexibility index (Phi) is 8.20. The van der Waals surface area contributed by atoms with Crippen LogP contribution in [-0.4, -0.2) is 68.2 Å². The van der Waals surface area contributed by atoms with Gasteiger partial charge in [0.05, 0.1) is 0 Å². The molecule has 0 spiro atoms. The lowest BCUT2D eigenvalue weighted by Gasteiger charge is -2.22. The van der Waals surface area contributed by atoms with E-state index in [2.05, 4.69) is 51.6 Å². The highest BCUT2D eigenvalue weighted by molar-refractivity contribution is 7.99. The summed E-state index contributed by atoms with van der Waals surface area (Å²) in [6, 6.07) is 18.5. The monoisotopic (exact) mass is 424 g/mol. The number of amides is 1. The fraction of sp³-hybridized carbons (Fsp3) is 0.417. The van der Waals surface area contributed by atoms with Crippen molar-refractivity contribution in [2.45, 2.75) is 17.7 Å². The number of thioether (sulfide) groups is 1. The molecule has 1 unspecified atom stereocenters. The molecule has 1 N–H and O–H groups in total. The minimum absolute atomic E-state index is 0.0390. The average molecular weight is 425 g/mol. The van der Waals surface area contributed by atoms with Crippen molar-refractivity contribution >= 4 is 23.6 Å². The van der Waals surface area contributed by atoms with Crippen LogP contribution in [0.25, 0.3) is 0 Å². The third kappa shape index (κ3) is 6.26. The van der Waals surface area contributed by atoms with E-state index in [-0.39, 0.29) is 5.91 Å². The van der Waals surface area contributed by atoms with Crippen molar-refractivity contribution in [2.75, 3.05) is 46.5 Å². The molecule has 160 valence electrons. The molecule has 6 heteroatoms. The summed E-state index contributed by atoms with van der Waals surface area (Å²) in [6.07, 6.45) is 2.06. The summed E-state index contributed by atoms with van der Waals surface area (Å²) in [5, 5.41) is 3.50. The molecule has 30 heavy (non-hydrogen) atoms. The first-order valence-corrected chi connectivity index (χ1v) is 11.5. The standard InChI is InChI=1S/C24H32N4OS/c1-25-24(26-14-12-19-8-7-9-21(16-19)23(29)27(2)3)28-15-13-20(17-28)18-30-22-10-5-4-6-11-22/h4-11,16,20H,12-15,17-18H2,1-3H3,(H,25,26). The molecule has 0 radical (unpaired) electrons. The SMILES string of the molecule is CN=C(NCCc1cccc(C(=O)N(C)C)c1)N1CCC(CSc2ccccc2)C1. The normalized spacial score (nSPS) is 16.6. The maximum absolute atomic E-state index is 12.2. The predicted octanol–water partition coefficient (Wildman–Crippen LogP) is 3.62. The Hall–Kier alpha value is -2.47. The van der Waals surface area contributed by atoms with Gasteiger partial charge in [0.1, 0.15) is 0 Å². The van der Waals surface area contributed by atoms with Crippen LogP contribution in [0.5, 0.6) is 0 Å².